The predicted molar refractivity (Wildman–Crippen MR) is 453 cm³/mol. The Morgan fingerprint density at radius 3 is 0.836 bits per heavy atom. The van der Waals surface area contributed by atoms with Crippen LogP contribution >= 0.6 is 0 Å². The van der Waals surface area contributed by atoms with Gasteiger partial charge in [-0.3, -0.25) is 84.9 Å². The van der Waals surface area contributed by atoms with Gasteiger partial charge in [0.15, 0.2) is 5.78 Å². The van der Waals surface area contributed by atoms with Crippen LogP contribution in [0.4, 0.5) is 0 Å². The molecule has 0 aromatic rings. The minimum absolute atomic E-state index is 0. The van der Waals surface area contributed by atoms with Gasteiger partial charge in [0.2, 0.25) is 41.4 Å². The Morgan fingerprint density at radius 2 is 0.574 bits per heavy atom. The molecule has 2 unspecified atom stereocenters. The van der Waals surface area contributed by atoms with Crippen LogP contribution in [-0.4, -0.2) is 253 Å². The second-order valence-corrected chi connectivity index (χ2v) is 30.6. The minimum atomic E-state index is -0.889. The van der Waals surface area contributed by atoms with Gasteiger partial charge in [0.05, 0.1) is 108 Å². The highest BCUT2D eigenvalue weighted by molar-refractivity contribution is 5.94. The minimum Gasteiger partial charge on any atom is -0.469 e. The number of hydrazine groups is 3. The number of allylic oxidation sites excluding steroid dienone is 1. The van der Waals surface area contributed by atoms with E-state index < -0.39 is 74.2 Å². The number of hydrogen-bond acceptors (Lipinski definition) is 32. The molecule has 40 nitrogen and oxygen atoms in total. The third-order valence-corrected chi connectivity index (χ3v) is 18.0. The van der Waals surface area contributed by atoms with Crippen LogP contribution in [0.3, 0.4) is 0 Å². The molecular formula is C82H151N11O29. The number of ether oxygens (including phenoxy) is 13. The summed E-state index contributed by atoms with van der Waals surface area (Å²) in [6.07, 6.45) is 4.22. The topological polar surface area (TPSA) is 596 Å². The zero-order valence-electron chi connectivity index (χ0n) is 76.0. The van der Waals surface area contributed by atoms with Gasteiger partial charge in [-0.15, -0.1) is 0 Å². The zero-order valence-corrected chi connectivity index (χ0v) is 76.0. The summed E-state index contributed by atoms with van der Waals surface area (Å²) in [7, 11) is 1.29. The Hall–Kier alpha value is -8.97. The molecule has 7 amide bonds. The van der Waals surface area contributed by atoms with Gasteiger partial charge >= 0.3 is 41.8 Å². The molecule has 0 rings (SSSR count). The van der Waals surface area contributed by atoms with Crippen LogP contribution in [0.5, 0.6) is 0 Å². The number of Topliss-reactive ketones (excluding diaryl/α,β-unsaturated/α-hetero) is 1. The summed E-state index contributed by atoms with van der Waals surface area (Å²) in [5.41, 5.74) is 0.474. The molecule has 0 spiro atoms. The number of nitrogens with two attached hydrogens (primary N) is 4. The fourth-order valence-corrected chi connectivity index (χ4v) is 9.31. The standard InChI is InChI=1S/2C28H52N4O9.C16H27NO6.C10H14O4.H4N2.H2O/c2*1-8-26(3,4)24(36)40-18-19-41-25(37)28(7,9-2)20-27(5,6)23(35)31-13-15-39-17-16-38-14-12-30-21(33)10-11-22(34)32-29;1-13(2)14(18)5-4-9-22-11-12-23-10-8-17-15(19)6-7-16(20)21-3;1-7(2)9(11)13-5-6-14-10(12)8(3)4;1-2;/h2*8-20,29H2,1-7H3,(H,30,33)(H,31,35)(H,32,34);1,4-12H2,2-3H3,(H,17,19);1,3,5-6H2,2,4H3;1-2H2;1H2. The summed E-state index contributed by atoms with van der Waals surface area (Å²) in [5.74, 6) is 13.1. The van der Waals surface area contributed by atoms with Crippen LogP contribution in [0.1, 0.15) is 208 Å². The van der Waals surface area contributed by atoms with Gasteiger partial charge in [-0.25, -0.2) is 21.3 Å². The normalized spacial score (nSPS) is 11.8. The van der Waals surface area contributed by atoms with E-state index in [1.54, 1.807) is 90.0 Å². The van der Waals surface area contributed by atoms with E-state index in [1.807, 2.05) is 38.5 Å². The van der Waals surface area contributed by atoms with E-state index in [-0.39, 0.29) is 157 Å². The summed E-state index contributed by atoms with van der Waals surface area (Å²) in [6, 6.07) is 0. The van der Waals surface area contributed by atoms with Crippen LogP contribution in [0.25, 0.3) is 0 Å². The number of esters is 7. The lowest BCUT2D eigenvalue weighted by molar-refractivity contribution is -0.165. The lowest BCUT2D eigenvalue weighted by atomic mass is 9.72. The van der Waals surface area contributed by atoms with Crippen LogP contribution in [0.2, 0.25) is 0 Å². The number of amides is 7. The summed E-state index contributed by atoms with van der Waals surface area (Å²) in [5, 5.41) is 13.6. The maximum atomic E-state index is 12.9. The van der Waals surface area contributed by atoms with Gasteiger partial charge < -0.3 is 93.6 Å². The molecular weight excluding hydrogens is 1600 g/mol. The molecule has 2 atom stereocenters. The number of rotatable bonds is 63. The second-order valence-electron chi connectivity index (χ2n) is 30.6. The SMILES string of the molecule is C=C(C)C(=O)CCCOCCOCCNC(=O)CCC(=O)OC.C=C(C)C(=O)OCCOC(=O)C(=C)C.CCC(C)(C)C(=O)OCCOC(=O)C(C)(CC)CC(C)(C)C(=O)NCCOCCOCCNC(=O)CCC(=O)NN.CCC(C)(C)C(=O)OCCOC(=O)C(C)(CC)CC(C)(C)C(=O)NCCOCCOCCNC(=O)CCC(=O)NN.NN.O. The van der Waals surface area contributed by atoms with Gasteiger partial charge in [-0.05, 0) is 113 Å². The summed E-state index contributed by atoms with van der Waals surface area (Å²) >= 11 is 0. The Bertz CT molecular complexity index is 2970. The third kappa shape index (κ3) is 64.8. The van der Waals surface area contributed by atoms with E-state index in [2.05, 4.69) is 72.2 Å². The molecule has 0 saturated heterocycles. The lowest BCUT2D eigenvalue weighted by Gasteiger charge is -2.34. The molecule has 0 aromatic carbocycles. The number of nitrogens with one attached hydrogen (secondary N) is 7. The Kier molecular flexibility index (Phi) is 73.6. The first-order valence-electron chi connectivity index (χ1n) is 40.5. The summed E-state index contributed by atoms with van der Waals surface area (Å²) < 4.78 is 67.4. The molecule has 708 valence electrons. The smallest absolute Gasteiger partial charge is 0.333 e. The molecule has 0 fully saturated rings. The number of carbonyl (C=O) groups excluding carboxylic acids is 15. The number of methoxy groups -OCH3 is 1. The molecule has 122 heavy (non-hydrogen) atoms. The van der Waals surface area contributed by atoms with Gasteiger partial charge in [-0.1, -0.05) is 75.1 Å². The predicted octanol–water partition coefficient (Wildman–Crippen LogP) is 2.99. The van der Waals surface area contributed by atoms with E-state index >= 15 is 0 Å². The van der Waals surface area contributed by atoms with E-state index in [4.69, 9.17) is 59.1 Å². The van der Waals surface area contributed by atoms with Crippen molar-refractivity contribution in [3.63, 3.8) is 0 Å². The van der Waals surface area contributed by atoms with Crippen LogP contribution in [0.15, 0.2) is 36.5 Å². The second kappa shape index (κ2) is 72.5. The quantitative estimate of drug-likeness (QED) is 0.00793. The van der Waals surface area contributed by atoms with E-state index in [9.17, 15) is 71.9 Å². The van der Waals surface area contributed by atoms with Crippen LogP contribution in [-0.2, 0) is 133 Å². The maximum absolute atomic E-state index is 12.9. The summed E-state index contributed by atoms with van der Waals surface area (Å²) in [4.78, 5) is 176. The molecule has 0 aliphatic carbocycles. The largest absolute Gasteiger partial charge is 0.469 e. The van der Waals surface area contributed by atoms with E-state index in [0.29, 0.717) is 154 Å². The first-order valence-corrected chi connectivity index (χ1v) is 40.5. The van der Waals surface area contributed by atoms with E-state index in [1.165, 1.54) is 7.11 Å². The third-order valence-electron chi connectivity index (χ3n) is 18.0. The first-order chi connectivity index (χ1) is 56.7. The maximum Gasteiger partial charge on any atom is 0.333 e. The highest BCUT2D eigenvalue weighted by Crippen LogP contribution is 2.39. The highest BCUT2D eigenvalue weighted by atomic mass is 16.6. The van der Waals surface area contributed by atoms with E-state index in [0.717, 1.165) is 0 Å². The monoisotopic (exact) mass is 1750 g/mol. The average molecular weight is 1760 g/mol. The molecule has 0 aliphatic rings. The van der Waals surface area contributed by atoms with Gasteiger partial charge in [-0.2, -0.15) is 0 Å². The molecule has 0 radical (unpaired) electrons. The fraction of sp³-hybridized carbons (Fsp3) is 0.744. The van der Waals surface area contributed by atoms with Crippen molar-refractivity contribution in [2.75, 3.05) is 159 Å². The van der Waals surface area contributed by atoms with Crippen molar-refractivity contribution in [2.24, 2.45) is 55.9 Å². The van der Waals surface area contributed by atoms with Gasteiger partial charge in [0, 0.05) is 99.8 Å². The van der Waals surface area contributed by atoms with Crippen molar-refractivity contribution in [1.82, 2.24) is 37.4 Å². The van der Waals surface area contributed by atoms with Gasteiger partial charge in [0.1, 0.15) is 39.6 Å². The first kappa shape index (κ1) is 124. The average Bonchev–Trinajstić information content (AvgIpc) is 0.820. The zero-order chi connectivity index (χ0) is 93.7. The van der Waals surface area contributed by atoms with Crippen molar-refractivity contribution < 1.29 is 139 Å². The molecule has 17 N–H and O–H groups in total. The Morgan fingerprint density at radius 1 is 0.311 bits per heavy atom. The molecule has 40 heteroatoms. The van der Waals surface area contributed by atoms with Crippen molar-refractivity contribution >= 4 is 88.9 Å². The molecule has 0 heterocycles. The van der Waals surface area contributed by atoms with Crippen LogP contribution in [0, 0.1) is 32.5 Å². The molecule has 0 aromatic heterocycles. The van der Waals surface area contributed by atoms with Crippen molar-refractivity contribution in [3.05, 3.63) is 36.5 Å². The van der Waals surface area contributed by atoms with Crippen molar-refractivity contribution in [2.45, 2.75) is 208 Å². The van der Waals surface area contributed by atoms with Crippen molar-refractivity contribution in [1.29, 1.82) is 0 Å². The number of carbonyl (C=O) groups is 15. The van der Waals surface area contributed by atoms with Crippen LogP contribution < -0.4 is 60.8 Å². The molecule has 0 bridgehead atoms. The fourth-order valence-electron chi connectivity index (χ4n) is 9.31. The summed E-state index contributed by atoms with van der Waals surface area (Å²) in [6.45, 7) is 46.3. The molecule has 0 aliphatic heterocycles. The lowest BCUT2D eigenvalue weighted by Crippen LogP contribution is -2.44. The van der Waals surface area contributed by atoms with Gasteiger partial charge in [0.25, 0.3) is 0 Å². The number of hydrogen-bond donors (Lipinski definition) is 11. The number of ketones is 1. The Labute approximate surface area is 721 Å². The molecule has 0 saturated carbocycles. The highest BCUT2D eigenvalue weighted by Gasteiger charge is 2.44. The Balaban J connectivity index is -0.000000388. The van der Waals surface area contributed by atoms with Crippen molar-refractivity contribution in [3.8, 4) is 0 Å².